The lowest BCUT2D eigenvalue weighted by Gasteiger charge is -2.20. The first-order chi connectivity index (χ1) is 6.18. The third-order valence-corrected chi connectivity index (χ3v) is 2.81. The summed E-state index contributed by atoms with van der Waals surface area (Å²) in [6.45, 7) is 0. The van der Waals surface area contributed by atoms with Gasteiger partial charge < -0.3 is 5.11 Å². The van der Waals surface area contributed by atoms with Crippen LogP contribution in [0.5, 0.6) is 0 Å². The Balaban J connectivity index is 2.04. The molecule has 1 heterocycles. The minimum absolute atomic E-state index is 0.464. The lowest BCUT2D eigenvalue weighted by molar-refractivity contribution is 0.0471. The molecule has 1 aromatic rings. The summed E-state index contributed by atoms with van der Waals surface area (Å²) in [7, 11) is 1.90. The Morgan fingerprint density at radius 2 is 2.23 bits per heavy atom. The van der Waals surface area contributed by atoms with E-state index >= 15 is 0 Å². The number of rotatable bonds is 2. The maximum atomic E-state index is 10.1. The van der Waals surface area contributed by atoms with E-state index in [1.54, 1.807) is 4.68 Å². The zero-order chi connectivity index (χ0) is 9.31. The summed E-state index contributed by atoms with van der Waals surface area (Å²) >= 11 is 0. The van der Waals surface area contributed by atoms with Gasteiger partial charge in [-0.3, -0.25) is 4.68 Å². The molecule has 1 fully saturated rings. The van der Waals surface area contributed by atoms with Crippen LogP contribution in [0.25, 0.3) is 0 Å². The van der Waals surface area contributed by atoms with Crippen LogP contribution in [0.2, 0.25) is 0 Å². The molecular weight excluding hydrogens is 164 g/mol. The first-order valence-electron chi connectivity index (χ1n) is 4.89. The summed E-state index contributed by atoms with van der Waals surface area (Å²) in [6.07, 6.45) is 6.82. The van der Waals surface area contributed by atoms with Crippen LogP contribution in [-0.4, -0.2) is 20.5 Å². The van der Waals surface area contributed by atoms with Crippen LogP contribution in [0.1, 0.15) is 31.4 Å². The molecule has 1 aromatic heterocycles. The Morgan fingerprint density at radius 1 is 1.54 bits per heavy atom. The average Bonchev–Trinajstić information content (AvgIpc) is 2.62. The van der Waals surface area contributed by atoms with E-state index in [1.165, 1.54) is 0 Å². The fraction of sp³-hybridized carbons (Fsp3) is 0.700. The van der Waals surface area contributed by atoms with Crippen LogP contribution in [0, 0.1) is 0 Å². The van der Waals surface area contributed by atoms with Crippen molar-refractivity contribution < 1.29 is 5.11 Å². The van der Waals surface area contributed by atoms with Crippen molar-refractivity contribution in [2.45, 2.75) is 37.7 Å². The number of nitrogens with zero attached hydrogens (tertiary/aromatic N) is 2. The van der Waals surface area contributed by atoms with E-state index in [1.807, 2.05) is 19.3 Å². The second-order valence-electron chi connectivity index (χ2n) is 4.09. The molecule has 0 bridgehead atoms. The Bertz CT molecular complexity index is 287. The molecule has 0 saturated heterocycles. The van der Waals surface area contributed by atoms with Crippen molar-refractivity contribution in [3.8, 4) is 0 Å². The Morgan fingerprint density at radius 3 is 2.77 bits per heavy atom. The second-order valence-corrected chi connectivity index (χ2v) is 4.09. The summed E-state index contributed by atoms with van der Waals surface area (Å²) in [5.41, 5.74) is 0.542. The second kappa shape index (κ2) is 3.14. The van der Waals surface area contributed by atoms with Gasteiger partial charge in [-0.15, -0.1) is 0 Å². The van der Waals surface area contributed by atoms with Crippen LogP contribution in [0.15, 0.2) is 12.3 Å². The summed E-state index contributed by atoms with van der Waals surface area (Å²) in [5.74, 6) is 0. The molecule has 3 nitrogen and oxygen atoms in total. The van der Waals surface area contributed by atoms with Gasteiger partial charge in [0, 0.05) is 19.7 Å². The minimum atomic E-state index is -0.464. The van der Waals surface area contributed by atoms with Crippen LogP contribution < -0.4 is 0 Å². The molecule has 0 spiro atoms. The van der Waals surface area contributed by atoms with Crippen molar-refractivity contribution in [1.29, 1.82) is 0 Å². The van der Waals surface area contributed by atoms with Crippen LogP contribution in [-0.2, 0) is 13.5 Å². The molecule has 1 aliphatic carbocycles. The summed E-state index contributed by atoms with van der Waals surface area (Å²) in [6, 6.07) is 1.98. The summed E-state index contributed by atoms with van der Waals surface area (Å²) in [5, 5.41) is 14.4. The molecular formula is C10H16N2O. The largest absolute Gasteiger partial charge is 0.389 e. The molecule has 0 radical (unpaired) electrons. The zero-order valence-electron chi connectivity index (χ0n) is 8.03. The molecule has 3 heteroatoms. The summed E-state index contributed by atoms with van der Waals surface area (Å²) < 4.78 is 1.79. The van der Waals surface area contributed by atoms with Crippen LogP contribution in [0.3, 0.4) is 0 Å². The zero-order valence-corrected chi connectivity index (χ0v) is 8.03. The van der Waals surface area contributed by atoms with Gasteiger partial charge >= 0.3 is 0 Å². The molecule has 13 heavy (non-hydrogen) atoms. The van der Waals surface area contributed by atoms with Crippen molar-refractivity contribution in [1.82, 2.24) is 9.78 Å². The van der Waals surface area contributed by atoms with Crippen molar-refractivity contribution in [3.63, 3.8) is 0 Å². The van der Waals surface area contributed by atoms with E-state index in [9.17, 15) is 5.11 Å². The van der Waals surface area contributed by atoms with E-state index in [0.29, 0.717) is 6.42 Å². The molecule has 2 rings (SSSR count). The SMILES string of the molecule is Cn1ccc(CC2(O)CCCC2)n1. The Labute approximate surface area is 78.4 Å². The first-order valence-corrected chi connectivity index (χ1v) is 4.89. The number of hydrogen-bond acceptors (Lipinski definition) is 2. The fourth-order valence-electron chi connectivity index (χ4n) is 2.10. The highest BCUT2D eigenvalue weighted by atomic mass is 16.3. The van der Waals surface area contributed by atoms with Crippen molar-refractivity contribution in [2.75, 3.05) is 0 Å². The lowest BCUT2D eigenvalue weighted by atomic mass is 9.96. The Kier molecular flexibility index (Phi) is 2.12. The molecule has 1 N–H and O–H groups in total. The van der Waals surface area contributed by atoms with Gasteiger partial charge in [0.1, 0.15) is 0 Å². The molecule has 0 unspecified atom stereocenters. The van der Waals surface area contributed by atoms with Gasteiger partial charge in [-0.25, -0.2) is 0 Å². The van der Waals surface area contributed by atoms with Crippen LogP contribution in [0.4, 0.5) is 0 Å². The molecule has 0 atom stereocenters. The Hall–Kier alpha value is -0.830. The van der Waals surface area contributed by atoms with Gasteiger partial charge in [0.05, 0.1) is 11.3 Å². The van der Waals surface area contributed by atoms with Gasteiger partial charge in [0.25, 0.3) is 0 Å². The third-order valence-electron chi connectivity index (χ3n) is 2.81. The van der Waals surface area contributed by atoms with Gasteiger partial charge in [-0.05, 0) is 18.9 Å². The van der Waals surface area contributed by atoms with E-state index in [4.69, 9.17) is 0 Å². The predicted molar refractivity (Wildman–Crippen MR) is 50.3 cm³/mol. The van der Waals surface area contributed by atoms with Gasteiger partial charge in [0.2, 0.25) is 0 Å². The summed E-state index contributed by atoms with van der Waals surface area (Å²) in [4.78, 5) is 0. The molecule has 1 aliphatic rings. The quantitative estimate of drug-likeness (QED) is 0.744. The maximum Gasteiger partial charge on any atom is 0.0703 e. The van der Waals surface area contributed by atoms with Gasteiger partial charge in [-0.2, -0.15) is 5.10 Å². The normalized spacial score (nSPS) is 20.8. The highest BCUT2D eigenvalue weighted by Crippen LogP contribution is 2.31. The fourth-order valence-corrected chi connectivity index (χ4v) is 2.10. The monoisotopic (exact) mass is 180 g/mol. The molecule has 1 saturated carbocycles. The van der Waals surface area contributed by atoms with Crippen molar-refractivity contribution in [2.24, 2.45) is 7.05 Å². The van der Waals surface area contributed by atoms with Crippen LogP contribution >= 0.6 is 0 Å². The average molecular weight is 180 g/mol. The van der Waals surface area contributed by atoms with Gasteiger partial charge in [-0.1, -0.05) is 12.8 Å². The maximum absolute atomic E-state index is 10.1. The number of aryl methyl sites for hydroxylation is 1. The molecule has 0 aromatic carbocycles. The van der Waals surface area contributed by atoms with Crippen molar-refractivity contribution >= 4 is 0 Å². The van der Waals surface area contributed by atoms with Crippen molar-refractivity contribution in [3.05, 3.63) is 18.0 Å². The third kappa shape index (κ3) is 1.91. The van der Waals surface area contributed by atoms with Gasteiger partial charge in [0.15, 0.2) is 0 Å². The highest BCUT2D eigenvalue weighted by Gasteiger charge is 2.31. The number of aromatic nitrogens is 2. The minimum Gasteiger partial charge on any atom is -0.389 e. The van der Waals surface area contributed by atoms with E-state index in [2.05, 4.69) is 5.10 Å². The molecule has 72 valence electrons. The molecule has 0 aliphatic heterocycles. The smallest absolute Gasteiger partial charge is 0.0703 e. The topological polar surface area (TPSA) is 38.0 Å². The lowest BCUT2D eigenvalue weighted by Crippen LogP contribution is -2.27. The number of aliphatic hydroxyl groups is 1. The van der Waals surface area contributed by atoms with E-state index < -0.39 is 5.60 Å². The molecule has 0 amide bonds. The van der Waals surface area contributed by atoms with E-state index in [0.717, 1.165) is 31.4 Å². The number of hydrogen-bond donors (Lipinski definition) is 1. The van der Waals surface area contributed by atoms with E-state index in [-0.39, 0.29) is 0 Å². The first kappa shape index (κ1) is 8.75. The highest BCUT2D eigenvalue weighted by molar-refractivity contribution is 5.04. The predicted octanol–water partition coefficient (Wildman–Crippen LogP) is 1.27. The standard InChI is InChI=1S/C10H16N2O/c1-12-7-4-9(11-12)8-10(13)5-2-3-6-10/h4,7,13H,2-3,5-6,8H2,1H3.